The van der Waals surface area contributed by atoms with Crippen molar-refractivity contribution in [3.05, 3.63) is 65.2 Å². The molecule has 0 saturated carbocycles. The molecular formula is C21H24F2N2O3S. The highest BCUT2D eigenvalue weighted by Crippen LogP contribution is 2.33. The van der Waals surface area contributed by atoms with Crippen molar-refractivity contribution in [1.82, 2.24) is 9.62 Å². The van der Waals surface area contributed by atoms with E-state index in [4.69, 9.17) is 0 Å². The summed E-state index contributed by atoms with van der Waals surface area (Å²) in [7, 11) is -3.92. The number of amides is 1. The van der Waals surface area contributed by atoms with E-state index in [1.807, 2.05) is 0 Å². The Hall–Kier alpha value is -2.32. The summed E-state index contributed by atoms with van der Waals surface area (Å²) in [6.07, 6.45) is 1.06. The number of rotatable bonds is 5. The fourth-order valence-corrected chi connectivity index (χ4v) is 5.41. The maximum Gasteiger partial charge on any atom is 0.243 e. The van der Waals surface area contributed by atoms with Crippen molar-refractivity contribution in [1.29, 1.82) is 0 Å². The van der Waals surface area contributed by atoms with E-state index in [0.717, 1.165) is 11.6 Å². The number of hydrogen-bond donors (Lipinski definition) is 1. The topological polar surface area (TPSA) is 66.5 Å². The van der Waals surface area contributed by atoms with Crippen LogP contribution in [-0.4, -0.2) is 31.7 Å². The zero-order valence-electron chi connectivity index (χ0n) is 16.4. The van der Waals surface area contributed by atoms with E-state index in [0.29, 0.717) is 18.4 Å². The average Bonchev–Trinajstić information content (AvgIpc) is 2.69. The molecular weight excluding hydrogens is 398 g/mol. The number of nitrogens with one attached hydrogen (secondary N) is 1. The molecule has 1 saturated heterocycles. The standard InChI is InChI=1S/C21H24F2N2O3S/c1-15-4-7-18(23)12-19(15)29(27,28)25-11-3-10-21(2,14-25)20(26)24-13-16-5-8-17(22)9-6-16/h4-9,12H,3,10-11,13-14H2,1-2H3,(H,24,26). The fraction of sp³-hybridized carbons (Fsp3) is 0.381. The van der Waals surface area contributed by atoms with Gasteiger partial charge in [-0.15, -0.1) is 0 Å². The van der Waals surface area contributed by atoms with E-state index < -0.39 is 21.3 Å². The van der Waals surface area contributed by atoms with Gasteiger partial charge in [0.25, 0.3) is 0 Å². The van der Waals surface area contributed by atoms with Gasteiger partial charge in [-0.05, 0) is 62.1 Å². The van der Waals surface area contributed by atoms with Crippen LogP contribution in [-0.2, 0) is 21.4 Å². The highest BCUT2D eigenvalue weighted by atomic mass is 32.2. The van der Waals surface area contributed by atoms with Crippen LogP contribution in [0.15, 0.2) is 47.4 Å². The first kappa shape index (κ1) is 21.4. The summed E-state index contributed by atoms with van der Waals surface area (Å²) in [5.74, 6) is -1.24. The van der Waals surface area contributed by atoms with Gasteiger partial charge in [-0.2, -0.15) is 4.31 Å². The van der Waals surface area contributed by atoms with Crippen molar-refractivity contribution >= 4 is 15.9 Å². The van der Waals surface area contributed by atoms with Gasteiger partial charge in [0, 0.05) is 19.6 Å². The zero-order chi connectivity index (χ0) is 21.2. The third kappa shape index (κ3) is 4.64. The van der Waals surface area contributed by atoms with Gasteiger partial charge < -0.3 is 5.32 Å². The molecule has 156 valence electrons. The Bertz CT molecular complexity index is 1010. The molecule has 1 unspecified atom stereocenters. The van der Waals surface area contributed by atoms with Crippen LogP contribution in [0.4, 0.5) is 8.78 Å². The molecule has 0 spiro atoms. The largest absolute Gasteiger partial charge is 0.352 e. The van der Waals surface area contributed by atoms with Gasteiger partial charge in [0.15, 0.2) is 0 Å². The van der Waals surface area contributed by atoms with Crippen LogP contribution in [0.5, 0.6) is 0 Å². The molecule has 1 aliphatic heterocycles. The Morgan fingerprint density at radius 2 is 1.79 bits per heavy atom. The molecule has 0 bridgehead atoms. The number of nitrogens with zero attached hydrogens (tertiary/aromatic N) is 1. The first-order valence-electron chi connectivity index (χ1n) is 9.41. The Balaban J connectivity index is 1.75. The number of benzene rings is 2. The molecule has 3 rings (SSSR count). The summed E-state index contributed by atoms with van der Waals surface area (Å²) in [6, 6.07) is 9.48. The van der Waals surface area contributed by atoms with Crippen LogP contribution < -0.4 is 5.32 Å². The lowest BCUT2D eigenvalue weighted by Gasteiger charge is -2.38. The first-order chi connectivity index (χ1) is 13.6. The van der Waals surface area contributed by atoms with Crippen molar-refractivity contribution in [2.24, 2.45) is 5.41 Å². The van der Waals surface area contributed by atoms with E-state index in [-0.39, 0.29) is 36.3 Å². The maximum atomic E-state index is 13.6. The predicted octanol–water partition coefficient (Wildman–Crippen LogP) is 3.38. The summed E-state index contributed by atoms with van der Waals surface area (Å²) >= 11 is 0. The van der Waals surface area contributed by atoms with E-state index in [1.54, 1.807) is 26.0 Å². The Morgan fingerprint density at radius 1 is 1.14 bits per heavy atom. The second-order valence-electron chi connectivity index (χ2n) is 7.72. The van der Waals surface area contributed by atoms with Crippen molar-refractivity contribution < 1.29 is 22.0 Å². The quantitative estimate of drug-likeness (QED) is 0.803. The third-order valence-corrected chi connectivity index (χ3v) is 7.33. The lowest BCUT2D eigenvalue weighted by Crippen LogP contribution is -2.51. The lowest BCUT2D eigenvalue weighted by molar-refractivity contribution is -0.132. The zero-order valence-corrected chi connectivity index (χ0v) is 17.2. The SMILES string of the molecule is Cc1ccc(F)cc1S(=O)(=O)N1CCCC(C)(C(=O)NCc2ccc(F)cc2)C1. The van der Waals surface area contributed by atoms with Gasteiger partial charge in [0.1, 0.15) is 11.6 Å². The molecule has 8 heteroatoms. The van der Waals surface area contributed by atoms with Crippen LogP contribution in [0, 0.1) is 24.0 Å². The maximum absolute atomic E-state index is 13.6. The highest BCUT2D eigenvalue weighted by molar-refractivity contribution is 7.89. The third-order valence-electron chi connectivity index (χ3n) is 5.34. The smallest absolute Gasteiger partial charge is 0.243 e. The first-order valence-corrected chi connectivity index (χ1v) is 10.8. The monoisotopic (exact) mass is 422 g/mol. The van der Waals surface area contributed by atoms with E-state index in [1.165, 1.54) is 28.6 Å². The van der Waals surface area contributed by atoms with Crippen molar-refractivity contribution in [2.45, 2.75) is 38.1 Å². The lowest BCUT2D eigenvalue weighted by atomic mass is 9.82. The van der Waals surface area contributed by atoms with E-state index in [2.05, 4.69) is 5.32 Å². The number of hydrogen-bond acceptors (Lipinski definition) is 3. The molecule has 1 heterocycles. The summed E-state index contributed by atoms with van der Waals surface area (Å²) in [6.45, 7) is 3.86. The molecule has 1 atom stereocenters. The van der Waals surface area contributed by atoms with E-state index in [9.17, 15) is 22.0 Å². The molecule has 1 aliphatic rings. The second-order valence-corrected chi connectivity index (χ2v) is 9.63. The van der Waals surface area contributed by atoms with Crippen LogP contribution in [0.2, 0.25) is 0 Å². The molecule has 5 nitrogen and oxygen atoms in total. The van der Waals surface area contributed by atoms with Gasteiger partial charge in [0.05, 0.1) is 10.3 Å². The number of sulfonamides is 1. The van der Waals surface area contributed by atoms with Gasteiger partial charge >= 0.3 is 0 Å². The van der Waals surface area contributed by atoms with Crippen LogP contribution in [0.25, 0.3) is 0 Å². The predicted molar refractivity (Wildman–Crippen MR) is 105 cm³/mol. The Labute approximate surface area is 169 Å². The minimum atomic E-state index is -3.92. The average molecular weight is 422 g/mol. The number of carbonyl (C=O) groups excluding carboxylic acids is 1. The molecule has 1 N–H and O–H groups in total. The van der Waals surface area contributed by atoms with Crippen LogP contribution in [0.3, 0.4) is 0 Å². The molecule has 2 aromatic rings. The normalized spacial score (nSPS) is 20.4. The number of piperidine rings is 1. The Morgan fingerprint density at radius 3 is 2.48 bits per heavy atom. The molecule has 2 aromatic carbocycles. The summed E-state index contributed by atoms with van der Waals surface area (Å²) in [5.41, 5.74) is 0.297. The van der Waals surface area contributed by atoms with Gasteiger partial charge in [-0.3, -0.25) is 4.79 Å². The van der Waals surface area contributed by atoms with Crippen molar-refractivity contribution in [3.8, 4) is 0 Å². The van der Waals surface area contributed by atoms with Gasteiger partial charge in [-0.1, -0.05) is 18.2 Å². The molecule has 0 aliphatic carbocycles. The van der Waals surface area contributed by atoms with Gasteiger partial charge in [0.2, 0.25) is 15.9 Å². The molecule has 1 amide bonds. The number of halogens is 2. The highest BCUT2D eigenvalue weighted by Gasteiger charge is 2.42. The number of aryl methyl sites for hydroxylation is 1. The second kappa shape index (κ2) is 8.20. The van der Waals surface area contributed by atoms with Crippen LogP contribution in [0.1, 0.15) is 30.9 Å². The molecule has 29 heavy (non-hydrogen) atoms. The molecule has 0 radical (unpaired) electrons. The minimum absolute atomic E-state index is 0.0144. The minimum Gasteiger partial charge on any atom is -0.352 e. The van der Waals surface area contributed by atoms with Crippen molar-refractivity contribution in [2.75, 3.05) is 13.1 Å². The Kier molecular flexibility index (Phi) is 6.05. The van der Waals surface area contributed by atoms with Gasteiger partial charge in [-0.25, -0.2) is 17.2 Å². The summed E-state index contributed by atoms with van der Waals surface area (Å²) < 4.78 is 54.1. The molecule has 0 aromatic heterocycles. The molecule has 1 fully saturated rings. The van der Waals surface area contributed by atoms with Crippen molar-refractivity contribution in [3.63, 3.8) is 0 Å². The van der Waals surface area contributed by atoms with Crippen LogP contribution >= 0.6 is 0 Å². The summed E-state index contributed by atoms with van der Waals surface area (Å²) in [4.78, 5) is 12.7. The fourth-order valence-electron chi connectivity index (χ4n) is 3.57. The summed E-state index contributed by atoms with van der Waals surface area (Å²) in [5, 5.41) is 2.82. The number of carbonyl (C=O) groups is 1. The van der Waals surface area contributed by atoms with E-state index >= 15 is 0 Å².